The van der Waals surface area contributed by atoms with Crippen LogP contribution in [0, 0.1) is 17.3 Å². The van der Waals surface area contributed by atoms with Gasteiger partial charge in [0.25, 0.3) is 0 Å². The van der Waals surface area contributed by atoms with Crippen LogP contribution in [0.25, 0.3) is 0 Å². The molecule has 35 heavy (non-hydrogen) atoms. The van der Waals surface area contributed by atoms with Crippen LogP contribution in [0.2, 0.25) is 16.6 Å². The lowest BCUT2D eigenvalue weighted by molar-refractivity contribution is -0.150. The summed E-state index contributed by atoms with van der Waals surface area (Å²) < 4.78 is 19.1. The highest BCUT2D eigenvalue weighted by molar-refractivity contribution is 6.77. The first-order chi connectivity index (χ1) is 16.1. The van der Waals surface area contributed by atoms with Crippen molar-refractivity contribution in [3.05, 3.63) is 11.1 Å². The number of carbonyl (C=O) groups is 2. The van der Waals surface area contributed by atoms with Crippen LogP contribution in [-0.4, -0.2) is 61.0 Å². The molecule has 3 aliphatic rings. The van der Waals surface area contributed by atoms with Gasteiger partial charge < -0.3 is 28.9 Å². The van der Waals surface area contributed by atoms with E-state index in [1.165, 1.54) is 0 Å². The molecule has 2 aliphatic carbocycles. The number of ether oxygens (including phenoxy) is 2. The fourth-order valence-electron chi connectivity index (χ4n) is 7.91. The summed E-state index contributed by atoms with van der Waals surface area (Å²) in [6, 6.07) is 0. The summed E-state index contributed by atoms with van der Waals surface area (Å²) in [6.45, 7) is 21.0. The number of aliphatic hydroxyl groups excluding tert-OH is 2. The molecule has 200 valence electrons. The average Bonchev–Trinajstić information content (AvgIpc) is 3.08. The van der Waals surface area contributed by atoms with E-state index in [4.69, 9.17) is 13.9 Å². The predicted molar refractivity (Wildman–Crippen MR) is 136 cm³/mol. The number of carbonyl (C=O) groups excluding carboxylic acids is 2. The number of aliphatic hydroxyl groups is 2. The zero-order valence-corrected chi connectivity index (χ0v) is 24.1. The van der Waals surface area contributed by atoms with E-state index in [9.17, 15) is 19.8 Å². The van der Waals surface area contributed by atoms with Crippen LogP contribution < -0.4 is 0 Å². The van der Waals surface area contributed by atoms with Crippen molar-refractivity contribution in [2.75, 3.05) is 0 Å². The van der Waals surface area contributed by atoms with Crippen molar-refractivity contribution < 1.29 is 33.7 Å². The molecule has 0 aromatic carbocycles. The molecule has 8 heteroatoms. The average molecular weight is 511 g/mol. The van der Waals surface area contributed by atoms with Crippen LogP contribution in [0.4, 0.5) is 4.79 Å². The summed E-state index contributed by atoms with van der Waals surface area (Å²) in [5.41, 5.74) is 0.608. The summed E-state index contributed by atoms with van der Waals surface area (Å²) in [7, 11) is -2.34. The Morgan fingerprint density at radius 1 is 1.11 bits per heavy atom. The number of rotatable bonds is 7. The summed E-state index contributed by atoms with van der Waals surface area (Å²) >= 11 is 0. The van der Waals surface area contributed by atoms with Crippen LogP contribution in [-0.2, 0) is 18.7 Å². The van der Waals surface area contributed by atoms with Gasteiger partial charge in [0.1, 0.15) is 18.5 Å². The molecule has 0 unspecified atom stereocenters. The van der Waals surface area contributed by atoms with E-state index in [0.29, 0.717) is 28.6 Å². The highest BCUT2D eigenvalue weighted by Crippen LogP contribution is 2.60. The van der Waals surface area contributed by atoms with Crippen molar-refractivity contribution in [1.29, 1.82) is 0 Å². The molecule has 7 atom stereocenters. The first-order valence-corrected chi connectivity index (χ1v) is 15.3. The van der Waals surface area contributed by atoms with E-state index in [-0.39, 0.29) is 6.42 Å². The van der Waals surface area contributed by atoms with Gasteiger partial charge in [-0.05, 0) is 40.6 Å². The maximum absolute atomic E-state index is 12.7. The molecule has 1 saturated carbocycles. The molecule has 1 aliphatic heterocycles. The molecule has 2 N–H and O–H groups in total. The molecule has 0 aromatic rings. The van der Waals surface area contributed by atoms with Gasteiger partial charge in [-0.3, -0.25) is 0 Å². The van der Waals surface area contributed by atoms with Crippen LogP contribution in [0.15, 0.2) is 11.1 Å². The number of aldehydes is 1. The normalized spacial score (nSPS) is 37.2. The van der Waals surface area contributed by atoms with Crippen molar-refractivity contribution in [2.24, 2.45) is 17.3 Å². The SMILES string of the molecule is CC1=C2[C@H](O)[C@@H](O)[C@@H](C)[C@@H](CC=O)[C@@H]3OC(=O)O[C@@]3(C[C@@H]1O[Si](C(C)C)(C(C)C)C(C)C)C2(C)C. The molecule has 0 radical (unpaired) electrons. The molecule has 0 amide bonds. The minimum absolute atomic E-state index is 0.0936. The molecule has 1 saturated heterocycles. The number of fused-ring (bicyclic) bond motifs is 1. The van der Waals surface area contributed by atoms with E-state index in [1.807, 2.05) is 20.8 Å². The van der Waals surface area contributed by atoms with Gasteiger partial charge in [0, 0.05) is 24.2 Å². The Balaban J connectivity index is 2.28. The minimum atomic E-state index is -2.34. The second-order valence-corrected chi connectivity index (χ2v) is 17.9. The third kappa shape index (κ3) is 4.03. The van der Waals surface area contributed by atoms with Gasteiger partial charge in [0.2, 0.25) is 8.32 Å². The Kier molecular flexibility index (Phi) is 7.76. The van der Waals surface area contributed by atoms with Gasteiger partial charge in [0.15, 0.2) is 5.60 Å². The Hall–Kier alpha value is -1.22. The van der Waals surface area contributed by atoms with Gasteiger partial charge in [-0.1, -0.05) is 62.3 Å². The Labute approximate surface area is 211 Å². The van der Waals surface area contributed by atoms with Crippen molar-refractivity contribution >= 4 is 20.8 Å². The first kappa shape index (κ1) is 28.3. The molecule has 3 rings (SSSR count). The number of hydrogen-bond donors (Lipinski definition) is 2. The summed E-state index contributed by atoms with van der Waals surface area (Å²) in [6.07, 6.45) is -2.94. The monoisotopic (exact) mass is 510 g/mol. The maximum atomic E-state index is 12.7. The van der Waals surface area contributed by atoms with E-state index in [1.54, 1.807) is 6.92 Å². The van der Waals surface area contributed by atoms with Crippen molar-refractivity contribution in [3.63, 3.8) is 0 Å². The van der Waals surface area contributed by atoms with Gasteiger partial charge >= 0.3 is 6.16 Å². The van der Waals surface area contributed by atoms with Gasteiger partial charge in [0.05, 0.1) is 12.2 Å². The maximum Gasteiger partial charge on any atom is 0.509 e. The Morgan fingerprint density at radius 3 is 2.14 bits per heavy atom. The zero-order valence-electron chi connectivity index (χ0n) is 23.1. The molecule has 2 bridgehead atoms. The lowest BCUT2D eigenvalue weighted by atomic mass is 9.53. The molecular weight excluding hydrogens is 464 g/mol. The zero-order chi connectivity index (χ0) is 26.7. The van der Waals surface area contributed by atoms with E-state index in [0.717, 1.165) is 11.9 Å². The Morgan fingerprint density at radius 2 is 1.66 bits per heavy atom. The quantitative estimate of drug-likeness (QED) is 0.211. The minimum Gasteiger partial charge on any atom is -0.426 e. The lowest BCUT2D eigenvalue weighted by Crippen LogP contribution is -2.66. The van der Waals surface area contributed by atoms with E-state index >= 15 is 0 Å². The van der Waals surface area contributed by atoms with E-state index < -0.39 is 61.7 Å². The number of hydrogen-bond acceptors (Lipinski definition) is 7. The molecular formula is C27H46O7Si. The predicted octanol–water partition coefficient (Wildman–Crippen LogP) is 5.14. The molecule has 2 fully saturated rings. The smallest absolute Gasteiger partial charge is 0.426 e. The van der Waals surface area contributed by atoms with Crippen molar-refractivity contribution in [2.45, 2.75) is 129 Å². The van der Waals surface area contributed by atoms with Gasteiger partial charge in [-0.15, -0.1) is 0 Å². The second kappa shape index (κ2) is 9.58. The highest BCUT2D eigenvalue weighted by Gasteiger charge is 2.69. The standard InChI is InChI=1S/C27H46O7Si/c1-14(2)35(15(3)4,16(5)6)34-20-13-27-24(32-25(31)33-27)19(11-12-28)17(7)22(29)23(30)21(18(20)8)26(27,9)10/h12,14-17,19-20,22-24,29-30H,11,13H2,1-10H3/t17-,19+,20-,22-,23-,24-,27+/m0/s1. The third-order valence-corrected chi connectivity index (χ3v) is 15.8. The van der Waals surface area contributed by atoms with Crippen LogP contribution in [0.1, 0.15) is 82.1 Å². The van der Waals surface area contributed by atoms with Crippen LogP contribution in [0.3, 0.4) is 0 Å². The fraction of sp³-hybridized carbons (Fsp3) is 0.852. The van der Waals surface area contributed by atoms with E-state index in [2.05, 4.69) is 41.5 Å². The van der Waals surface area contributed by atoms with Crippen LogP contribution in [0.5, 0.6) is 0 Å². The first-order valence-electron chi connectivity index (χ1n) is 13.2. The summed E-state index contributed by atoms with van der Waals surface area (Å²) in [5.74, 6) is -0.980. The van der Waals surface area contributed by atoms with Gasteiger partial charge in [-0.2, -0.15) is 0 Å². The second-order valence-electron chi connectivity index (χ2n) is 12.5. The largest absolute Gasteiger partial charge is 0.509 e. The summed E-state index contributed by atoms with van der Waals surface area (Å²) in [5, 5.41) is 22.8. The molecule has 1 heterocycles. The van der Waals surface area contributed by atoms with Crippen molar-refractivity contribution in [1.82, 2.24) is 0 Å². The Bertz CT molecular complexity index is 842. The van der Waals surface area contributed by atoms with Gasteiger partial charge in [-0.25, -0.2) is 4.79 Å². The lowest BCUT2D eigenvalue weighted by Gasteiger charge is -2.57. The van der Waals surface area contributed by atoms with Crippen molar-refractivity contribution in [3.8, 4) is 0 Å². The molecule has 0 aromatic heterocycles. The molecule has 7 nitrogen and oxygen atoms in total. The summed E-state index contributed by atoms with van der Waals surface area (Å²) in [4.78, 5) is 24.4. The third-order valence-electron chi connectivity index (χ3n) is 9.72. The topological polar surface area (TPSA) is 102 Å². The fourth-order valence-corrected chi connectivity index (χ4v) is 13.5. The highest BCUT2D eigenvalue weighted by atomic mass is 28.4. The molecule has 1 spiro atoms. The van der Waals surface area contributed by atoms with Crippen LogP contribution >= 0.6 is 0 Å².